The maximum Gasteiger partial charge on any atom is 0.321 e. The molecule has 1 fully saturated rings. The van der Waals surface area contributed by atoms with Crippen LogP contribution in [-0.2, 0) is 6.61 Å². The van der Waals surface area contributed by atoms with Crippen LogP contribution in [0, 0.1) is 19.7 Å². The number of ether oxygens (including phenoxy) is 1. The van der Waals surface area contributed by atoms with Gasteiger partial charge in [0, 0.05) is 24.7 Å². The molecule has 8 heteroatoms. The van der Waals surface area contributed by atoms with Crippen LogP contribution in [0.4, 0.5) is 14.9 Å². The molecule has 162 valence electrons. The van der Waals surface area contributed by atoms with Crippen LogP contribution in [0.1, 0.15) is 41.6 Å². The number of halogens is 1. The standard InChI is InChI=1S/C23H25FN4O3/c1-15-9-10-18(12-16(15)2)25-23(29)28-11-5-6-17(13-28)22-26-21(31-27-22)14-30-20-8-4-3-7-19(20)24/h3-4,7-10,12,17H,5-6,11,13-14H2,1-2H3,(H,25,29). The number of urea groups is 1. The number of hydrogen-bond donors (Lipinski definition) is 1. The van der Waals surface area contributed by atoms with Gasteiger partial charge in [-0.3, -0.25) is 0 Å². The molecule has 2 heterocycles. The second-order valence-corrected chi connectivity index (χ2v) is 7.78. The Hall–Kier alpha value is -3.42. The van der Waals surface area contributed by atoms with E-state index < -0.39 is 5.82 Å². The highest BCUT2D eigenvalue weighted by atomic mass is 19.1. The van der Waals surface area contributed by atoms with Crippen molar-refractivity contribution in [2.24, 2.45) is 0 Å². The minimum atomic E-state index is -0.444. The molecule has 0 saturated carbocycles. The Labute approximate surface area is 180 Å². The monoisotopic (exact) mass is 424 g/mol. The largest absolute Gasteiger partial charge is 0.481 e. The van der Waals surface area contributed by atoms with Gasteiger partial charge in [-0.25, -0.2) is 9.18 Å². The van der Waals surface area contributed by atoms with Gasteiger partial charge in [-0.1, -0.05) is 23.4 Å². The van der Waals surface area contributed by atoms with Crippen molar-refractivity contribution < 1.29 is 18.4 Å². The van der Waals surface area contributed by atoms with Crippen molar-refractivity contribution in [2.75, 3.05) is 18.4 Å². The predicted octanol–water partition coefficient (Wildman–Crippen LogP) is 4.82. The zero-order valence-electron chi connectivity index (χ0n) is 17.6. The first kappa shape index (κ1) is 20.8. The van der Waals surface area contributed by atoms with E-state index in [0.29, 0.717) is 18.9 Å². The molecule has 1 saturated heterocycles. The molecular weight excluding hydrogens is 399 g/mol. The number of likely N-dealkylation sites (tertiary alicyclic amines) is 1. The topological polar surface area (TPSA) is 80.5 Å². The average Bonchev–Trinajstić information content (AvgIpc) is 3.25. The first-order valence-corrected chi connectivity index (χ1v) is 10.3. The highest BCUT2D eigenvalue weighted by molar-refractivity contribution is 5.89. The van der Waals surface area contributed by atoms with Crippen LogP contribution in [-0.4, -0.2) is 34.2 Å². The number of rotatable bonds is 5. The Kier molecular flexibility index (Phi) is 6.16. The SMILES string of the molecule is Cc1ccc(NC(=O)N2CCCC(c3noc(COc4ccccc4F)n3)C2)cc1C. The summed E-state index contributed by atoms with van der Waals surface area (Å²) in [6.45, 7) is 5.22. The van der Waals surface area contributed by atoms with Crippen molar-refractivity contribution in [2.45, 2.75) is 39.2 Å². The number of aromatic nitrogens is 2. The summed E-state index contributed by atoms with van der Waals surface area (Å²) in [6, 6.07) is 11.9. The molecule has 0 radical (unpaired) electrons. The van der Waals surface area contributed by atoms with Gasteiger partial charge in [-0.05, 0) is 62.1 Å². The lowest BCUT2D eigenvalue weighted by Crippen LogP contribution is -2.41. The summed E-state index contributed by atoms with van der Waals surface area (Å²) in [7, 11) is 0. The molecule has 1 aliphatic rings. The minimum absolute atomic E-state index is 0.0162. The summed E-state index contributed by atoms with van der Waals surface area (Å²) in [5, 5.41) is 7.02. The molecule has 2 aromatic carbocycles. The summed E-state index contributed by atoms with van der Waals surface area (Å²) >= 11 is 0. The summed E-state index contributed by atoms with van der Waals surface area (Å²) in [4.78, 5) is 18.9. The van der Waals surface area contributed by atoms with Gasteiger partial charge in [-0.2, -0.15) is 4.98 Å². The number of aryl methyl sites for hydroxylation is 2. The quantitative estimate of drug-likeness (QED) is 0.635. The zero-order valence-corrected chi connectivity index (χ0v) is 17.6. The number of amides is 2. The number of hydrogen-bond acceptors (Lipinski definition) is 5. The Bertz CT molecular complexity index is 1070. The second-order valence-electron chi connectivity index (χ2n) is 7.78. The average molecular weight is 424 g/mol. The molecule has 0 spiro atoms. The van der Waals surface area contributed by atoms with E-state index in [9.17, 15) is 9.18 Å². The fourth-order valence-corrected chi connectivity index (χ4v) is 3.59. The van der Waals surface area contributed by atoms with Gasteiger partial charge in [-0.15, -0.1) is 0 Å². The van der Waals surface area contributed by atoms with Gasteiger partial charge >= 0.3 is 6.03 Å². The van der Waals surface area contributed by atoms with Gasteiger partial charge in [0.15, 0.2) is 24.0 Å². The maximum atomic E-state index is 13.7. The van der Waals surface area contributed by atoms with Crippen molar-refractivity contribution in [1.29, 1.82) is 0 Å². The van der Waals surface area contributed by atoms with E-state index in [1.165, 1.54) is 11.6 Å². The maximum absolute atomic E-state index is 13.7. The molecule has 0 aliphatic carbocycles. The lowest BCUT2D eigenvalue weighted by atomic mass is 9.97. The van der Waals surface area contributed by atoms with E-state index in [-0.39, 0.29) is 30.2 Å². The lowest BCUT2D eigenvalue weighted by Gasteiger charge is -2.31. The third-order valence-electron chi connectivity index (χ3n) is 5.50. The first-order valence-electron chi connectivity index (χ1n) is 10.3. The molecule has 1 aliphatic heterocycles. The van der Waals surface area contributed by atoms with Gasteiger partial charge < -0.3 is 19.5 Å². The van der Waals surface area contributed by atoms with Gasteiger partial charge in [0.05, 0.1) is 0 Å². The number of nitrogens with one attached hydrogen (secondary N) is 1. The Morgan fingerprint density at radius 1 is 1.26 bits per heavy atom. The molecule has 0 bridgehead atoms. The lowest BCUT2D eigenvalue weighted by molar-refractivity contribution is 0.190. The van der Waals surface area contributed by atoms with E-state index in [2.05, 4.69) is 15.5 Å². The van der Waals surface area contributed by atoms with Crippen LogP contribution >= 0.6 is 0 Å². The Morgan fingerprint density at radius 3 is 2.90 bits per heavy atom. The molecule has 1 N–H and O–H groups in total. The van der Waals surface area contributed by atoms with E-state index in [0.717, 1.165) is 24.1 Å². The molecule has 7 nitrogen and oxygen atoms in total. The fourth-order valence-electron chi connectivity index (χ4n) is 3.59. The number of benzene rings is 2. The number of anilines is 1. The van der Waals surface area contributed by atoms with Crippen molar-refractivity contribution in [1.82, 2.24) is 15.0 Å². The van der Waals surface area contributed by atoms with Crippen molar-refractivity contribution in [3.05, 3.63) is 71.1 Å². The third kappa shape index (κ3) is 5.02. The zero-order chi connectivity index (χ0) is 21.8. The summed E-state index contributed by atoms with van der Waals surface area (Å²) in [5.41, 5.74) is 3.09. The molecule has 1 aromatic heterocycles. The van der Waals surface area contributed by atoms with Crippen LogP contribution in [0.3, 0.4) is 0 Å². The number of piperidine rings is 1. The Morgan fingerprint density at radius 2 is 2.10 bits per heavy atom. The predicted molar refractivity (Wildman–Crippen MR) is 114 cm³/mol. The Balaban J connectivity index is 1.35. The summed E-state index contributed by atoms with van der Waals surface area (Å²) in [5.74, 6) is 0.477. The molecule has 2 amide bonds. The molecule has 4 rings (SSSR count). The van der Waals surface area contributed by atoms with E-state index in [1.54, 1.807) is 23.1 Å². The molecule has 1 atom stereocenters. The van der Waals surface area contributed by atoms with Crippen molar-refractivity contribution in [3.63, 3.8) is 0 Å². The normalized spacial score (nSPS) is 16.2. The highest BCUT2D eigenvalue weighted by Crippen LogP contribution is 2.26. The molecule has 3 aromatic rings. The van der Waals surface area contributed by atoms with Crippen LogP contribution < -0.4 is 10.1 Å². The molecular formula is C23H25FN4O3. The highest BCUT2D eigenvalue weighted by Gasteiger charge is 2.28. The first-order chi connectivity index (χ1) is 15.0. The summed E-state index contributed by atoms with van der Waals surface area (Å²) in [6.07, 6.45) is 1.71. The van der Waals surface area contributed by atoms with Crippen LogP contribution in [0.5, 0.6) is 5.75 Å². The summed E-state index contributed by atoms with van der Waals surface area (Å²) < 4.78 is 24.4. The van der Waals surface area contributed by atoms with Gasteiger partial charge in [0.2, 0.25) is 0 Å². The molecule has 1 unspecified atom stereocenters. The number of carbonyl (C=O) groups excluding carboxylic acids is 1. The van der Waals surface area contributed by atoms with E-state index in [1.807, 2.05) is 32.0 Å². The van der Waals surface area contributed by atoms with E-state index >= 15 is 0 Å². The fraction of sp³-hybridized carbons (Fsp3) is 0.348. The van der Waals surface area contributed by atoms with Gasteiger partial charge in [0.25, 0.3) is 5.89 Å². The number of para-hydroxylation sites is 1. The third-order valence-corrected chi connectivity index (χ3v) is 5.50. The van der Waals surface area contributed by atoms with Gasteiger partial charge in [0.1, 0.15) is 0 Å². The molecule has 31 heavy (non-hydrogen) atoms. The van der Waals surface area contributed by atoms with Crippen molar-refractivity contribution in [3.8, 4) is 5.75 Å². The second kappa shape index (κ2) is 9.16. The van der Waals surface area contributed by atoms with Crippen LogP contribution in [0.15, 0.2) is 47.0 Å². The minimum Gasteiger partial charge on any atom is -0.481 e. The van der Waals surface area contributed by atoms with Crippen LogP contribution in [0.25, 0.3) is 0 Å². The number of carbonyl (C=O) groups is 1. The van der Waals surface area contributed by atoms with Crippen LogP contribution in [0.2, 0.25) is 0 Å². The van der Waals surface area contributed by atoms with Crippen molar-refractivity contribution >= 4 is 11.7 Å². The smallest absolute Gasteiger partial charge is 0.321 e. The number of nitrogens with zero attached hydrogens (tertiary/aromatic N) is 3. The van der Waals surface area contributed by atoms with E-state index in [4.69, 9.17) is 9.26 Å².